The molecule has 1 fully saturated rings. The molecule has 1 saturated carbocycles. The average molecular weight is 269 g/mol. The maximum atomic E-state index is 11.9. The van der Waals surface area contributed by atoms with Gasteiger partial charge in [-0.3, -0.25) is 9.71 Å². The quantitative estimate of drug-likeness (QED) is 0.731. The van der Waals surface area contributed by atoms with Gasteiger partial charge in [0.15, 0.2) is 0 Å². The predicted molar refractivity (Wildman–Crippen MR) is 72.0 cm³/mol. The van der Waals surface area contributed by atoms with E-state index in [4.69, 9.17) is 0 Å². The molecule has 6 heteroatoms. The van der Waals surface area contributed by atoms with Gasteiger partial charge in [0.2, 0.25) is 10.0 Å². The zero-order valence-corrected chi connectivity index (χ0v) is 11.3. The third-order valence-corrected chi connectivity index (χ3v) is 4.24. The number of nitrogens with one attached hydrogen (secondary N) is 2. The van der Waals surface area contributed by atoms with Crippen molar-refractivity contribution in [1.29, 1.82) is 0 Å². The van der Waals surface area contributed by atoms with Crippen molar-refractivity contribution in [2.45, 2.75) is 32.2 Å². The first-order chi connectivity index (χ1) is 8.57. The Balaban J connectivity index is 1.80. The lowest BCUT2D eigenvalue weighted by Gasteiger charge is -2.10. The summed E-state index contributed by atoms with van der Waals surface area (Å²) in [4.78, 5) is 3.93. The largest absolute Gasteiger partial charge is 0.314 e. The van der Waals surface area contributed by atoms with Crippen LogP contribution < -0.4 is 10.0 Å². The van der Waals surface area contributed by atoms with Gasteiger partial charge < -0.3 is 5.32 Å². The summed E-state index contributed by atoms with van der Waals surface area (Å²) in [6.07, 6.45) is 6.31. The fourth-order valence-electron chi connectivity index (χ4n) is 1.66. The highest BCUT2D eigenvalue weighted by atomic mass is 32.2. The Labute approximate surface area is 108 Å². The topological polar surface area (TPSA) is 71.1 Å². The minimum absolute atomic E-state index is 0.147. The standard InChI is InChI=1S/C12H19N3O2S/c1-10-9-13-7-5-12(10)15-18(16,17)8-2-6-14-11-3-4-11/h5,7,9,11,14H,2-4,6,8H2,1H3,(H,13,15). The second-order valence-corrected chi connectivity index (χ2v) is 6.54. The number of nitrogens with zero attached hydrogens (tertiary/aromatic N) is 1. The molecule has 0 aromatic carbocycles. The van der Waals surface area contributed by atoms with E-state index < -0.39 is 10.0 Å². The van der Waals surface area contributed by atoms with Gasteiger partial charge in [-0.15, -0.1) is 0 Å². The van der Waals surface area contributed by atoms with Crippen molar-refractivity contribution in [3.63, 3.8) is 0 Å². The zero-order chi connectivity index (χ0) is 13.0. The third kappa shape index (κ3) is 4.27. The van der Waals surface area contributed by atoms with E-state index in [-0.39, 0.29) is 5.75 Å². The number of hydrogen-bond acceptors (Lipinski definition) is 4. The second-order valence-electron chi connectivity index (χ2n) is 4.69. The van der Waals surface area contributed by atoms with Gasteiger partial charge in [-0.25, -0.2) is 8.42 Å². The van der Waals surface area contributed by atoms with Crippen molar-refractivity contribution in [2.24, 2.45) is 0 Å². The average Bonchev–Trinajstić information content (AvgIpc) is 3.12. The van der Waals surface area contributed by atoms with Gasteiger partial charge >= 0.3 is 0 Å². The Morgan fingerprint density at radius 3 is 2.89 bits per heavy atom. The SMILES string of the molecule is Cc1cnccc1NS(=O)(=O)CCCNC1CC1. The fourth-order valence-corrected chi connectivity index (χ4v) is 2.85. The molecular formula is C12H19N3O2S. The van der Waals surface area contributed by atoms with Crippen molar-refractivity contribution in [3.05, 3.63) is 24.0 Å². The van der Waals surface area contributed by atoms with Crippen LogP contribution in [0, 0.1) is 6.92 Å². The van der Waals surface area contributed by atoms with Crippen LogP contribution in [0.4, 0.5) is 5.69 Å². The van der Waals surface area contributed by atoms with Crippen molar-refractivity contribution < 1.29 is 8.42 Å². The summed E-state index contributed by atoms with van der Waals surface area (Å²) in [6, 6.07) is 2.30. The van der Waals surface area contributed by atoms with E-state index >= 15 is 0 Å². The number of rotatable bonds is 7. The summed E-state index contributed by atoms with van der Waals surface area (Å²) in [5.74, 6) is 0.147. The number of aromatic nitrogens is 1. The highest BCUT2D eigenvalue weighted by Gasteiger charge is 2.20. The van der Waals surface area contributed by atoms with Crippen LogP contribution in [0.15, 0.2) is 18.5 Å². The fraction of sp³-hybridized carbons (Fsp3) is 0.583. The zero-order valence-electron chi connectivity index (χ0n) is 10.5. The molecule has 5 nitrogen and oxygen atoms in total. The van der Waals surface area contributed by atoms with Crippen LogP contribution in [-0.4, -0.2) is 31.7 Å². The van der Waals surface area contributed by atoms with Gasteiger partial charge in [-0.05, 0) is 44.4 Å². The van der Waals surface area contributed by atoms with Crippen LogP contribution in [0.2, 0.25) is 0 Å². The van der Waals surface area contributed by atoms with Gasteiger partial charge in [0.1, 0.15) is 0 Å². The molecule has 2 rings (SSSR count). The molecule has 18 heavy (non-hydrogen) atoms. The molecule has 0 unspecified atom stereocenters. The van der Waals surface area contributed by atoms with Crippen molar-refractivity contribution in [1.82, 2.24) is 10.3 Å². The number of anilines is 1. The Kier molecular flexibility index (Phi) is 4.19. The van der Waals surface area contributed by atoms with Crippen molar-refractivity contribution in [3.8, 4) is 0 Å². The van der Waals surface area contributed by atoms with E-state index in [9.17, 15) is 8.42 Å². The van der Waals surface area contributed by atoms with Gasteiger partial charge in [0.05, 0.1) is 11.4 Å². The summed E-state index contributed by atoms with van der Waals surface area (Å²) in [7, 11) is -3.25. The summed E-state index contributed by atoms with van der Waals surface area (Å²) in [5, 5.41) is 3.30. The highest BCUT2D eigenvalue weighted by Crippen LogP contribution is 2.18. The smallest absolute Gasteiger partial charge is 0.232 e. The molecule has 1 heterocycles. The van der Waals surface area contributed by atoms with Crippen molar-refractivity contribution >= 4 is 15.7 Å². The monoisotopic (exact) mass is 269 g/mol. The molecule has 0 saturated heterocycles. The van der Waals surface area contributed by atoms with E-state index in [0.29, 0.717) is 18.2 Å². The molecule has 1 aromatic rings. The summed E-state index contributed by atoms with van der Waals surface area (Å²) < 4.78 is 26.3. The molecule has 0 aliphatic heterocycles. The molecule has 1 aliphatic rings. The van der Waals surface area contributed by atoms with Crippen LogP contribution in [0.1, 0.15) is 24.8 Å². The van der Waals surface area contributed by atoms with E-state index in [1.54, 1.807) is 18.5 Å². The van der Waals surface area contributed by atoms with Crippen LogP contribution in [0.3, 0.4) is 0 Å². The Bertz CT molecular complexity index is 498. The second kappa shape index (κ2) is 5.67. The van der Waals surface area contributed by atoms with E-state index in [1.165, 1.54) is 12.8 Å². The van der Waals surface area contributed by atoms with Crippen molar-refractivity contribution in [2.75, 3.05) is 17.0 Å². The number of aryl methyl sites for hydroxylation is 1. The van der Waals surface area contributed by atoms with E-state index in [0.717, 1.165) is 12.1 Å². The molecule has 0 amide bonds. The first kappa shape index (κ1) is 13.3. The van der Waals surface area contributed by atoms with Crippen LogP contribution >= 0.6 is 0 Å². The molecule has 100 valence electrons. The Morgan fingerprint density at radius 1 is 1.44 bits per heavy atom. The lowest BCUT2D eigenvalue weighted by Crippen LogP contribution is -2.23. The summed E-state index contributed by atoms with van der Waals surface area (Å²) in [6.45, 7) is 2.60. The molecule has 0 atom stereocenters. The molecular weight excluding hydrogens is 250 g/mol. The van der Waals surface area contributed by atoms with E-state index in [1.807, 2.05) is 6.92 Å². The normalized spacial score (nSPS) is 15.6. The molecule has 0 spiro atoms. The molecule has 1 aromatic heterocycles. The molecule has 0 bridgehead atoms. The van der Waals surface area contributed by atoms with Crippen LogP contribution in [0.25, 0.3) is 0 Å². The first-order valence-corrected chi connectivity index (χ1v) is 7.86. The maximum Gasteiger partial charge on any atom is 0.232 e. The molecule has 0 radical (unpaired) electrons. The maximum absolute atomic E-state index is 11.9. The molecule has 2 N–H and O–H groups in total. The van der Waals surface area contributed by atoms with Crippen LogP contribution in [0.5, 0.6) is 0 Å². The molecule has 1 aliphatic carbocycles. The summed E-state index contributed by atoms with van der Waals surface area (Å²) >= 11 is 0. The van der Waals surface area contributed by atoms with Gasteiger partial charge in [0, 0.05) is 18.4 Å². The van der Waals surface area contributed by atoms with Gasteiger partial charge in [0.25, 0.3) is 0 Å². The highest BCUT2D eigenvalue weighted by molar-refractivity contribution is 7.92. The number of pyridine rings is 1. The minimum Gasteiger partial charge on any atom is -0.314 e. The van der Waals surface area contributed by atoms with Crippen LogP contribution in [-0.2, 0) is 10.0 Å². The summed E-state index contributed by atoms with van der Waals surface area (Å²) in [5.41, 5.74) is 1.44. The Morgan fingerprint density at radius 2 is 2.22 bits per heavy atom. The number of sulfonamides is 1. The van der Waals surface area contributed by atoms with Gasteiger partial charge in [-0.1, -0.05) is 0 Å². The minimum atomic E-state index is -3.25. The van der Waals surface area contributed by atoms with Gasteiger partial charge in [-0.2, -0.15) is 0 Å². The predicted octanol–water partition coefficient (Wildman–Crippen LogP) is 1.27. The lowest BCUT2D eigenvalue weighted by atomic mass is 10.3. The third-order valence-electron chi connectivity index (χ3n) is 2.89. The number of hydrogen-bond donors (Lipinski definition) is 2. The van der Waals surface area contributed by atoms with E-state index in [2.05, 4.69) is 15.0 Å². The first-order valence-electron chi connectivity index (χ1n) is 6.21. The Hall–Kier alpha value is -1.14. The lowest BCUT2D eigenvalue weighted by molar-refractivity contribution is 0.593.